The number of pyridine rings is 1. The van der Waals surface area contributed by atoms with E-state index < -0.39 is 0 Å². The van der Waals surface area contributed by atoms with Gasteiger partial charge in [0.1, 0.15) is 17.5 Å². The topological polar surface area (TPSA) is 47.4 Å². The van der Waals surface area contributed by atoms with E-state index in [4.69, 9.17) is 4.74 Å². The SMILES string of the molecule is Cc1cccc2cc(C(=O)N3CCC(Oc4cccnc4)CC3)n(C)c12. The number of para-hydroxylation sites is 1. The van der Waals surface area contributed by atoms with Crippen LogP contribution in [0.1, 0.15) is 28.9 Å². The van der Waals surface area contributed by atoms with Gasteiger partial charge in [0.15, 0.2) is 0 Å². The second-order valence-corrected chi connectivity index (χ2v) is 6.90. The van der Waals surface area contributed by atoms with Crippen LogP contribution in [0.5, 0.6) is 5.75 Å². The second-order valence-electron chi connectivity index (χ2n) is 6.90. The van der Waals surface area contributed by atoms with Crippen LogP contribution in [-0.4, -0.2) is 39.6 Å². The maximum absolute atomic E-state index is 13.0. The number of aryl methyl sites for hydroxylation is 2. The maximum atomic E-state index is 13.0. The number of piperidine rings is 1. The van der Waals surface area contributed by atoms with E-state index in [1.54, 1.807) is 12.4 Å². The lowest BCUT2D eigenvalue weighted by Crippen LogP contribution is -2.42. The molecule has 0 radical (unpaired) electrons. The van der Waals surface area contributed by atoms with Crippen LogP contribution in [0.15, 0.2) is 48.8 Å². The predicted molar refractivity (Wildman–Crippen MR) is 101 cm³/mol. The Morgan fingerprint density at radius 1 is 1.19 bits per heavy atom. The molecule has 26 heavy (non-hydrogen) atoms. The Morgan fingerprint density at radius 3 is 2.69 bits per heavy atom. The van der Waals surface area contributed by atoms with Crippen molar-refractivity contribution >= 4 is 16.8 Å². The molecule has 1 aliphatic rings. The summed E-state index contributed by atoms with van der Waals surface area (Å²) in [4.78, 5) is 19.0. The summed E-state index contributed by atoms with van der Waals surface area (Å²) in [6.07, 6.45) is 5.28. The molecule has 4 rings (SSSR count). The molecule has 5 nitrogen and oxygen atoms in total. The van der Waals surface area contributed by atoms with Gasteiger partial charge in [-0.25, -0.2) is 0 Å². The summed E-state index contributed by atoms with van der Waals surface area (Å²) in [7, 11) is 1.97. The van der Waals surface area contributed by atoms with E-state index in [-0.39, 0.29) is 12.0 Å². The van der Waals surface area contributed by atoms with Crippen LogP contribution in [0.3, 0.4) is 0 Å². The molecule has 2 aromatic heterocycles. The van der Waals surface area contributed by atoms with Gasteiger partial charge >= 0.3 is 0 Å². The Bertz CT molecular complexity index is 925. The molecule has 0 atom stereocenters. The Kier molecular flexibility index (Phi) is 4.37. The summed E-state index contributed by atoms with van der Waals surface area (Å²) in [6, 6.07) is 12.0. The largest absolute Gasteiger partial charge is 0.489 e. The maximum Gasteiger partial charge on any atom is 0.270 e. The van der Waals surface area contributed by atoms with E-state index in [0.29, 0.717) is 13.1 Å². The van der Waals surface area contributed by atoms with Crippen LogP contribution in [0.2, 0.25) is 0 Å². The third-order valence-corrected chi connectivity index (χ3v) is 5.14. The predicted octanol–water partition coefficient (Wildman–Crippen LogP) is 3.57. The molecule has 3 aromatic rings. The number of nitrogens with zero attached hydrogens (tertiary/aromatic N) is 3. The average molecular weight is 349 g/mol. The summed E-state index contributed by atoms with van der Waals surface area (Å²) in [5.41, 5.74) is 3.07. The molecule has 1 saturated heterocycles. The summed E-state index contributed by atoms with van der Waals surface area (Å²) < 4.78 is 7.99. The van der Waals surface area contributed by atoms with Crippen molar-refractivity contribution in [3.8, 4) is 5.75 Å². The third-order valence-electron chi connectivity index (χ3n) is 5.14. The first-order chi connectivity index (χ1) is 12.6. The number of fused-ring (bicyclic) bond motifs is 1. The lowest BCUT2D eigenvalue weighted by atomic mass is 10.1. The van der Waals surface area contributed by atoms with E-state index in [0.717, 1.165) is 35.2 Å². The molecule has 3 heterocycles. The molecular formula is C21H23N3O2. The summed E-state index contributed by atoms with van der Waals surface area (Å²) in [6.45, 7) is 3.51. The second kappa shape index (κ2) is 6.83. The van der Waals surface area contributed by atoms with Gasteiger partial charge in [0.2, 0.25) is 0 Å². The fraction of sp³-hybridized carbons (Fsp3) is 0.333. The minimum Gasteiger partial charge on any atom is -0.489 e. The Morgan fingerprint density at radius 2 is 2.00 bits per heavy atom. The minimum absolute atomic E-state index is 0.0999. The highest BCUT2D eigenvalue weighted by atomic mass is 16.5. The Hall–Kier alpha value is -2.82. The van der Waals surface area contributed by atoms with Crippen LogP contribution in [0.4, 0.5) is 0 Å². The molecule has 0 bridgehead atoms. The average Bonchev–Trinajstić information content (AvgIpc) is 3.01. The van der Waals surface area contributed by atoms with Crippen LogP contribution < -0.4 is 4.74 Å². The number of carbonyl (C=O) groups is 1. The lowest BCUT2D eigenvalue weighted by molar-refractivity contribution is 0.0586. The number of benzene rings is 1. The number of ether oxygens (including phenoxy) is 1. The Labute approximate surface area is 153 Å². The zero-order valence-corrected chi connectivity index (χ0v) is 15.2. The van der Waals surface area contributed by atoms with Gasteiger partial charge in [0.05, 0.1) is 11.7 Å². The quantitative estimate of drug-likeness (QED) is 0.726. The Balaban J connectivity index is 1.46. The molecule has 0 spiro atoms. The molecule has 0 aliphatic carbocycles. The minimum atomic E-state index is 0.0999. The first kappa shape index (κ1) is 16.6. The van der Waals surface area contributed by atoms with Gasteiger partial charge in [-0.05, 0) is 30.7 Å². The number of hydrogen-bond acceptors (Lipinski definition) is 3. The monoisotopic (exact) mass is 349 g/mol. The molecular weight excluding hydrogens is 326 g/mol. The fourth-order valence-corrected chi connectivity index (χ4v) is 3.77. The van der Waals surface area contributed by atoms with Crippen molar-refractivity contribution in [3.05, 3.63) is 60.0 Å². The van der Waals surface area contributed by atoms with Gasteiger partial charge in [0, 0.05) is 44.6 Å². The van der Waals surface area contributed by atoms with Crippen molar-refractivity contribution in [1.29, 1.82) is 0 Å². The summed E-state index contributed by atoms with van der Waals surface area (Å²) in [5, 5.41) is 1.12. The first-order valence-electron chi connectivity index (χ1n) is 9.04. The number of likely N-dealkylation sites (tertiary alicyclic amines) is 1. The first-order valence-corrected chi connectivity index (χ1v) is 9.04. The smallest absolute Gasteiger partial charge is 0.270 e. The standard InChI is InChI=1S/C21H23N3O2/c1-15-5-3-6-16-13-19(23(2)20(15)16)21(25)24-11-8-17(9-12-24)26-18-7-4-10-22-14-18/h3-7,10,13-14,17H,8-9,11-12H2,1-2H3. The molecule has 1 aromatic carbocycles. The molecule has 1 amide bonds. The van der Waals surface area contributed by atoms with Gasteiger partial charge < -0.3 is 14.2 Å². The number of carbonyl (C=O) groups excluding carboxylic acids is 1. The van der Waals surface area contributed by atoms with E-state index in [9.17, 15) is 4.79 Å². The van der Waals surface area contributed by atoms with Crippen LogP contribution in [0.25, 0.3) is 10.9 Å². The van der Waals surface area contributed by atoms with Gasteiger partial charge in [-0.2, -0.15) is 0 Å². The highest BCUT2D eigenvalue weighted by Gasteiger charge is 2.26. The van der Waals surface area contributed by atoms with Crippen molar-refractivity contribution in [2.75, 3.05) is 13.1 Å². The van der Waals surface area contributed by atoms with Gasteiger partial charge in [-0.3, -0.25) is 9.78 Å². The molecule has 0 N–H and O–H groups in total. The fourth-order valence-electron chi connectivity index (χ4n) is 3.77. The number of aromatic nitrogens is 2. The van der Waals surface area contributed by atoms with Crippen LogP contribution in [0, 0.1) is 6.92 Å². The third kappa shape index (κ3) is 3.05. The van der Waals surface area contributed by atoms with Crippen molar-refractivity contribution < 1.29 is 9.53 Å². The van der Waals surface area contributed by atoms with E-state index in [2.05, 4.69) is 24.0 Å². The number of amides is 1. The van der Waals surface area contributed by atoms with Crippen LogP contribution >= 0.6 is 0 Å². The molecule has 134 valence electrons. The van der Waals surface area contributed by atoms with Crippen LogP contribution in [-0.2, 0) is 7.05 Å². The molecule has 1 aliphatic heterocycles. The van der Waals surface area contributed by atoms with Crippen molar-refractivity contribution in [1.82, 2.24) is 14.5 Å². The normalized spacial score (nSPS) is 15.4. The van der Waals surface area contributed by atoms with E-state index >= 15 is 0 Å². The van der Waals surface area contributed by atoms with Crippen molar-refractivity contribution in [2.24, 2.45) is 7.05 Å². The van der Waals surface area contributed by atoms with E-state index in [1.807, 2.05) is 40.8 Å². The van der Waals surface area contributed by atoms with Gasteiger partial charge in [0.25, 0.3) is 5.91 Å². The molecule has 1 fully saturated rings. The zero-order chi connectivity index (χ0) is 18.1. The van der Waals surface area contributed by atoms with Gasteiger partial charge in [-0.15, -0.1) is 0 Å². The van der Waals surface area contributed by atoms with Crippen molar-refractivity contribution in [3.63, 3.8) is 0 Å². The number of hydrogen-bond donors (Lipinski definition) is 0. The summed E-state index contributed by atoms with van der Waals surface area (Å²) in [5.74, 6) is 0.893. The zero-order valence-electron chi connectivity index (χ0n) is 15.2. The van der Waals surface area contributed by atoms with Crippen molar-refractivity contribution in [2.45, 2.75) is 25.9 Å². The van der Waals surface area contributed by atoms with E-state index in [1.165, 1.54) is 5.56 Å². The number of rotatable bonds is 3. The highest BCUT2D eigenvalue weighted by molar-refractivity contribution is 5.99. The highest BCUT2D eigenvalue weighted by Crippen LogP contribution is 2.25. The molecule has 0 saturated carbocycles. The lowest BCUT2D eigenvalue weighted by Gasteiger charge is -2.32. The molecule has 5 heteroatoms. The summed E-state index contributed by atoms with van der Waals surface area (Å²) >= 11 is 0. The van der Waals surface area contributed by atoms with Gasteiger partial charge in [-0.1, -0.05) is 18.2 Å². The molecule has 0 unspecified atom stereocenters.